The summed E-state index contributed by atoms with van der Waals surface area (Å²) in [4.78, 5) is 0. The maximum Gasteiger partial charge on any atom is 0.0863 e. The first-order valence-corrected chi connectivity index (χ1v) is 4.21. The summed E-state index contributed by atoms with van der Waals surface area (Å²) in [6.07, 6.45) is 1.73. The van der Waals surface area contributed by atoms with Crippen LogP contribution in [0.25, 0.3) is 0 Å². The zero-order chi connectivity index (χ0) is 7.40. The first-order valence-electron chi connectivity index (χ1n) is 3.67. The number of alkyl halides is 1. The fourth-order valence-corrected chi connectivity index (χ4v) is 1.00. The van der Waals surface area contributed by atoms with Crippen LogP contribution in [0.15, 0.2) is 0 Å². The highest BCUT2D eigenvalue weighted by Gasteiger charge is 2.38. The van der Waals surface area contributed by atoms with Crippen LogP contribution in [0.3, 0.4) is 0 Å². The number of rotatable bonds is 5. The minimum atomic E-state index is 0.332. The molecule has 0 N–H and O–H groups in total. The Morgan fingerprint density at radius 1 is 1.40 bits per heavy atom. The largest absolute Gasteiger partial charge is 0.376 e. The normalized spacial score (nSPS) is 30.6. The Balaban J connectivity index is 1.92. The van der Waals surface area contributed by atoms with Crippen LogP contribution < -0.4 is 0 Å². The van der Waals surface area contributed by atoms with Crippen molar-refractivity contribution in [2.45, 2.75) is 25.6 Å². The van der Waals surface area contributed by atoms with Gasteiger partial charge in [0.05, 0.1) is 18.8 Å². The molecule has 10 heavy (non-hydrogen) atoms. The van der Waals surface area contributed by atoms with Gasteiger partial charge in [-0.25, -0.2) is 0 Å². The standard InChI is InChI=1S/C7H13ClO2/c1-2-9-6-5-7(6)10-4-3-8/h6-7H,2-5H2,1H3. The molecule has 2 nitrogen and oxygen atoms in total. The molecule has 1 fully saturated rings. The average molecular weight is 165 g/mol. The molecule has 0 aromatic carbocycles. The van der Waals surface area contributed by atoms with Gasteiger partial charge in [0.15, 0.2) is 0 Å². The van der Waals surface area contributed by atoms with Gasteiger partial charge in [-0.05, 0) is 6.92 Å². The summed E-state index contributed by atoms with van der Waals surface area (Å²) in [5.41, 5.74) is 0. The van der Waals surface area contributed by atoms with E-state index in [-0.39, 0.29) is 0 Å². The topological polar surface area (TPSA) is 18.5 Å². The molecule has 0 aliphatic heterocycles. The lowest BCUT2D eigenvalue weighted by atomic mass is 10.7. The summed E-state index contributed by atoms with van der Waals surface area (Å²) in [7, 11) is 0. The molecule has 0 aromatic heterocycles. The van der Waals surface area contributed by atoms with Crippen LogP contribution in [0.4, 0.5) is 0 Å². The number of ether oxygens (including phenoxy) is 2. The van der Waals surface area contributed by atoms with E-state index in [4.69, 9.17) is 21.1 Å². The first kappa shape index (κ1) is 8.31. The van der Waals surface area contributed by atoms with Crippen molar-refractivity contribution in [1.82, 2.24) is 0 Å². The van der Waals surface area contributed by atoms with E-state index in [9.17, 15) is 0 Å². The lowest BCUT2D eigenvalue weighted by Crippen LogP contribution is -2.05. The van der Waals surface area contributed by atoms with Gasteiger partial charge < -0.3 is 9.47 Å². The molecule has 0 aromatic rings. The molecule has 1 rings (SSSR count). The van der Waals surface area contributed by atoms with Crippen LogP contribution >= 0.6 is 11.6 Å². The zero-order valence-electron chi connectivity index (χ0n) is 6.18. The summed E-state index contributed by atoms with van der Waals surface area (Å²) in [6.45, 7) is 3.43. The Kier molecular flexibility index (Phi) is 3.46. The number of hydrogen-bond acceptors (Lipinski definition) is 2. The van der Waals surface area contributed by atoms with Crippen LogP contribution in [-0.2, 0) is 9.47 Å². The molecule has 2 unspecified atom stereocenters. The van der Waals surface area contributed by atoms with Gasteiger partial charge in [0.2, 0.25) is 0 Å². The predicted octanol–water partition coefficient (Wildman–Crippen LogP) is 1.42. The SMILES string of the molecule is CCOC1CC1OCCCl. The van der Waals surface area contributed by atoms with E-state index in [0.29, 0.717) is 24.7 Å². The summed E-state index contributed by atoms with van der Waals surface area (Å²) in [5.74, 6) is 0.579. The molecule has 0 saturated heterocycles. The van der Waals surface area contributed by atoms with E-state index in [1.807, 2.05) is 6.92 Å². The lowest BCUT2D eigenvalue weighted by molar-refractivity contribution is 0.0542. The molecule has 0 heterocycles. The van der Waals surface area contributed by atoms with Gasteiger partial charge in [0.25, 0.3) is 0 Å². The van der Waals surface area contributed by atoms with Gasteiger partial charge in [-0.3, -0.25) is 0 Å². The summed E-state index contributed by atoms with van der Waals surface area (Å²) >= 11 is 5.43. The molecular formula is C7H13ClO2. The Morgan fingerprint density at radius 2 is 2.10 bits per heavy atom. The number of hydrogen-bond donors (Lipinski definition) is 0. The monoisotopic (exact) mass is 164 g/mol. The van der Waals surface area contributed by atoms with Crippen molar-refractivity contribution in [2.75, 3.05) is 19.1 Å². The van der Waals surface area contributed by atoms with E-state index in [1.54, 1.807) is 0 Å². The van der Waals surface area contributed by atoms with Crippen LogP contribution in [-0.4, -0.2) is 31.3 Å². The van der Waals surface area contributed by atoms with E-state index in [1.165, 1.54) is 0 Å². The summed E-state index contributed by atoms with van der Waals surface area (Å²) in [6, 6.07) is 0. The van der Waals surface area contributed by atoms with Crippen molar-refractivity contribution in [1.29, 1.82) is 0 Å². The van der Waals surface area contributed by atoms with E-state index in [0.717, 1.165) is 13.0 Å². The maximum atomic E-state index is 5.43. The van der Waals surface area contributed by atoms with Crippen molar-refractivity contribution < 1.29 is 9.47 Å². The van der Waals surface area contributed by atoms with Crippen molar-refractivity contribution in [3.63, 3.8) is 0 Å². The minimum Gasteiger partial charge on any atom is -0.376 e. The third-order valence-corrected chi connectivity index (χ3v) is 1.62. The van der Waals surface area contributed by atoms with Crippen LogP contribution in [0.1, 0.15) is 13.3 Å². The average Bonchev–Trinajstić information content (AvgIpc) is 2.65. The lowest BCUT2D eigenvalue weighted by Gasteiger charge is -1.99. The Hall–Kier alpha value is 0.210. The number of halogens is 1. The molecular weight excluding hydrogens is 152 g/mol. The molecule has 0 bridgehead atoms. The second kappa shape index (κ2) is 4.16. The molecule has 0 spiro atoms. The van der Waals surface area contributed by atoms with Gasteiger partial charge in [0.1, 0.15) is 0 Å². The third kappa shape index (κ3) is 2.45. The Bertz CT molecular complexity index is 97.6. The quantitative estimate of drug-likeness (QED) is 0.573. The smallest absolute Gasteiger partial charge is 0.0863 e. The molecule has 0 radical (unpaired) electrons. The Labute approximate surface area is 66.5 Å². The van der Waals surface area contributed by atoms with Crippen LogP contribution in [0, 0.1) is 0 Å². The highest BCUT2D eigenvalue weighted by atomic mass is 35.5. The second-order valence-electron chi connectivity index (χ2n) is 2.33. The van der Waals surface area contributed by atoms with Crippen molar-refractivity contribution >= 4 is 11.6 Å². The highest BCUT2D eigenvalue weighted by molar-refractivity contribution is 6.17. The predicted molar refractivity (Wildman–Crippen MR) is 40.5 cm³/mol. The van der Waals surface area contributed by atoms with Crippen LogP contribution in [0.2, 0.25) is 0 Å². The summed E-state index contributed by atoms with van der Waals surface area (Å²) < 4.78 is 10.6. The van der Waals surface area contributed by atoms with Crippen molar-refractivity contribution in [2.24, 2.45) is 0 Å². The van der Waals surface area contributed by atoms with Gasteiger partial charge in [0, 0.05) is 18.9 Å². The highest BCUT2D eigenvalue weighted by Crippen LogP contribution is 2.28. The second-order valence-corrected chi connectivity index (χ2v) is 2.71. The molecule has 1 saturated carbocycles. The minimum absolute atomic E-state index is 0.332. The van der Waals surface area contributed by atoms with Gasteiger partial charge in [-0.2, -0.15) is 0 Å². The summed E-state index contributed by atoms with van der Waals surface area (Å²) in [5, 5.41) is 0. The maximum absolute atomic E-state index is 5.43. The van der Waals surface area contributed by atoms with Crippen molar-refractivity contribution in [3.8, 4) is 0 Å². The molecule has 0 amide bonds. The Morgan fingerprint density at radius 3 is 2.70 bits per heavy atom. The van der Waals surface area contributed by atoms with Gasteiger partial charge in [-0.15, -0.1) is 11.6 Å². The molecule has 1 aliphatic rings. The zero-order valence-corrected chi connectivity index (χ0v) is 6.93. The van der Waals surface area contributed by atoms with E-state index in [2.05, 4.69) is 0 Å². The van der Waals surface area contributed by atoms with Crippen molar-refractivity contribution in [3.05, 3.63) is 0 Å². The van der Waals surface area contributed by atoms with E-state index < -0.39 is 0 Å². The molecule has 2 atom stereocenters. The fourth-order valence-electron chi connectivity index (χ4n) is 0.911. The van der Waals surface area contributed by atoms with E-state index >= 15 is 0 Å². The van der Waals surface area contributed by atoms with Crippen LogP contribution in [0.5, 0.6) is 0 Å². The molecule has 60 valence electrons. The molecule has 1 aliphatic carbocycles. The first-order chi connectivity index (χ1) is 4.88. The fraction of sp³-hybridized carbons (Fsp3) is 1.00. The van der Waals surface area contributed by atoms with Gasteiger partial charge >= 0.3 is 0 Å². The molecule has 3 heteroatoms. The van der Waals surface area contributed by atoms with Gasteiger partial charge in [-0.1, -0.05) is 0 Å². The third-order valence-electron chi connectivity index (χ3n) is 1.47.